The van der Waals surface area contributed by atoms with E-state index in [-0.39, 0.29) is 0 Å². The van der Waals surface area contributed by atoms with E-state index in [0.717, 1.165) is 18.8 Å². The third-order valence-corrected chi connectivity index (χ3v) is 3.33. The first-order chi connectivity index (χ1) is 15.2. The van der Waals surface area contributed by atoms with Gasteiger partial charge in [0.2, 0.25) is 0 Å². The second-order valence-corrected chi connectivity index (χ2v) is 5.98. The van der Waals surface area contributed by atoms with Crippen LogP contribution in [-0.2, 0) is 14.4 Å². The Balaban J connectivity index is 0. The van der Waals surface area contributed by atoms with Crippen molar-refractivity contribution in [2.75, 3.05) is 13.1 Å². The van der Waals surface area contributed by atoms with Gasteiger partial charge in [-0.15, -0.1) is 0 Å². The van der Waals surface area contributed by atoms with E-state index >= 15 is 0 Å². The fourth-order valence-corrected chi connectivity index (χ4v) is 1.90. The van der Waals surface area contributed by atoms with Gasteiger partial charge in [-0.05, 0) is 26.3 Å². The Morgan fingerprint density at radius 2 is 1.18 bits per heavy atom. The monoisotopic (exact) mass is 519 g/mol. The van der Waals surface area contributed by atoms with Crippen molar-refractivity contribution in [2.24, 2.45) is 0 Å². The Bertz CT molecular complexity index is 735. The van der Waals surface area contributed by atoms with Gasteiger partial charge in [0.25, 0.3) is 0 Å². The largest absolute Gasteiger partial charge is 0.490 e. The topological polar surface area (TPSA) is 150 Å². The number of aryl methyl sites for hydroxylation is 1. The zero-order valence-corrected chi connectivity index (χ0v) is 16.9. The van der Waals surface area contributed by atoms with Gasteiger partial charge >= 0.3 is 36.4 Å². The molecule has 0 spiro atoms. The molecule has 2 heterocycles. The minimum absolute atomic E-state index is 0.572. The highest BCUT2D eigenvalue weighted by molar-refractivity contribution is 5.73. The predicted molar refractivity (Wildman–Crippen MR) is 92.7 cm³/mol. The summed E-state index contributed by atoms with van der Waals surface area (Å²) in [6.45, 7) is 4.24. The van der Waals surface area contributed by atoms with Gasteiger partial charge in [-0.25, -0.2) is 14.4 Å². The van der Waals surface area contributed by atoms with Crippen LogP contribution in [0.15, 0.2) is 12.4 Å². The zero-order valence-electron chi connectivity index (χ0n) is 16.9. The van der Waals surface area contributed by atoms with Crippen molar-refractivity contribution in [1.82, 2.24) is 15.3 Å². The normalized spacial score (nSPS) is 15.8. The van der Waals surface area contributed by atoms with Crippen LogP contribution in [0, 0.1) is 6.92 Å². The number of piperidine rings is 1. The number of rotatable bonds is 1. The second-order valence-electron chi connectivity index (χ2n) is 5.98. The summed E-state index contributed by atoms with van der Waals surface area (Å²) in [5.41, 5.74) is 2.26. The molecule has 196 valence electrons. The molecule has 0 aliphatic carbocycles. The fraction of sp³-hybridized carbons (Fsp3) is 0.562. The lowest BCUT2D eigenvalue weighted by atomic mass is 9.95. The average Bonchev–Trinajstić information content (AvgIpc) is 2.68. The highest BCUT2D eigenvalue weighted by atomic mass is 19.4. The minimum atomic E-state index is -5.08. The highest BCUT2D eigenvalue weighted by Crippen LogP contribution is 2.22. The Morgan fingerprint density at radius 3 is 1.44 bits per heavy atom. The van der Waals surface area contributed by atoms with Crippen molar-refractivity contribution in [3.63, 3.8) is 0 Å². The van der Waals surface area contributed by atoms with E-state index in [2.05, 4.69) is 15.3 Å². The standard InChI is InChI=1S/C10H15N3.3C2HF3O2/c1-8-10(13-6-5-12-8)9-3-2-4-11-7-9;3*3-2(4,5)1(6)7/h5-6,9,11H,2-4,7H2,1H3;3*(H,6,7). The molecular formula is C16H18F9N3O6. The maximum absolute atomic E-state index is 10.6. The molecule has 1 aromatic rings. The van der Waals surface area contributed by atoms with Crippen molar-refractivity contribution in [2.45, 2.75) is 44.2 Å². The number of aliphatic carboxylic acids is 3. The number of alkyl halides is 9. The molecule has 9 nitrogen and oxygen atoms in total. The minimum Gasteiger partial charge on any atom is -0.475 e. The number of carboxylic acids is 3. The van der Waals surface area contributed by atoms with E-state index < -0.39 is 36.4 Å². The lowest BCUT2D eigenvalue weighted by molar-refractivity contribution is -0.193. The van der Waals surface area contributed by atoms with Crippen LogP contribution in [0.5, 0.6) is 0 Å². The number of aromatic nitrogens is 2. The highest BCUT2D eigenvalue weighted by Gasteiger charge is 2.39. The SMILES string of the molecule is Cc1nccnc1C1CCCNC1.O=C(O)C(F)(F)F.O=C(O)C(F)(F)F.O=C(O)C(F)(F)F. The molecule has 1 unspecified atom stereocenters. The Hall–Kier alpha value is -3.18. The molecule has 18 heteroatoms. The summed E-state index contributed by atoms with van der Waals surface area (Å²) >= 11 is 0. The maximum atomic E-state index is 10.6. The van der Waals surface area contributed by atoms with Gasteiger partial charge in [0.15, 0.2) is 0 Å². The Morgan fingerprint density at radius 1 is 0.824 bits per heavy atom. The summed E-state index contributed by atoms with van der Waals surface area (Å²) in [6.07, 6.45) is -9.21. The molecule has 1 aliphatic heterocycles. The number of nitrogens with zero attached hydrogens (tertiary/aromatic N) is 2. The molecule has 1 aromatic heterocycles. The van der Waals surface area contributed by atoms with Crippen LogP contribution in [0.3, 0.4) is 0 Å². The maximum Gasteiger partial charge on any atom is 0.490 e. The van der Waals surface area contributed by atoms with Crippen molar-refractivity contribution >= 4 is 17.9 Å². The van der Waals surface area contributed by atoms with Gasteiger partial charge in [0, 0.05) is 24.9 Å². The van der Waals surface area contributed by atoms with Crippen LogP contribution in [0.1, 0.15) is 30.1 Å². The number of nitrogens with one attached hydrogen (secondary N) is 1. The zero-order chi connectivity index (χ0) is 27.3. The van der Waals surface area contributed by atoms with E-state index in [4.69, 9.17) is 29.7 Å². The average molecular weight is 519 g/mol. The number of carbonyl (C=O) groups is 3. The quantitative estimate of drug-likeness (QED) is 0.411. The Kier molecular flexibility index (Phi) is 13.7. The van der Waals surface area contributed by atoms with Gasteiger partial charge < -0.3 is 20.6 Å². The molecular weight excluding hydrogens is 501 g/mol. The van der Waals surface area contributed by atoms with Crippen LogP contribution >= 0.6 is 0 Å². The van der Waals surface area contributed by atoms with Crippen molar-refractivity contribution in [3.8, 4) is 0 Å². The number of carboxylic acid groups (broad SMARTS) is 3. The lowest BCUT2D eigenvalue weighted by Crippen LogP contribution is -2.29. The predicted octanol–water partition coefficient (Wildman–Crippen LogP) is 3.15. The molecule has 1 aliphatic rings. The molecule has 0 amide bonds. The molecule has 0 radical (unpaired) electrons. The molecule has 1 saturated heterocycles. The molecule has 4 N–H and O–H groups in total. The summed E-state index contributed by atoms with van der Waals surface area (Å²) < 4.78 is 95.2. The molecule has 1 atom stereocenters. The van der Waals surface area contributed by atoms with Gasteiger partial charge in [0.1, 0.15) is 0 Å². The van der Waals surface area contributed by atoms with Gasteiger partial charge in [0.05, 0.1) is 11.4 Å². The summed E-state index contributed by atoms with van der Waals surface area (Å²) in [7, 11) is 0. The second kappa shape index (κ2) is 14.2. The van der Waals surface area contributed by atoms with Crippen LogP contribution < -0.4 is 5.32 Å². The van der Waals surface area contributed by atoms with Crippen molar-refractivity contribution in [1.29, 1.82) is 0 Å². The van der Waals surface area contributed by atoms with Crippen LogP contribution in [0.25, 0.3) is 0 Å². The summed E-state index contributed by atoms with van der Waals surface area (Å²) in [5.74, 6) is -7.70. The third-order valence-electron chi connectivity index (χ3n) is 3.33. The van der Waals surface area contributed by atoms with E-state index in [1.54, 1.807) is 12.4 Å². The van der Waals surface area contributed by atoms with Crippen LogP contribution in [-0.4, -0.2) is 74.8 Å². The summed E-state index contributed by atoms with van der Waals surface area (Å²) in [4.78, 5) is 35.4. The van der Waals surface area contributed by atoms with Crippen molar-refractivity contribution in [3.05, 3.63) is 23.8 Å². The molecule has 0 aromatic carbocycles. The number of halogens is 9. The number of hydrogen-bond acceptors (Lipinski definition) is 6. The van der Waals surface area contributed by atoms with Crippen LogP contribution in [0.2, 0.25) is 0 Å². The third kappa shape index (κ3) is 15.6. The first kappa shape index (κ1) is 33.0. The van der Waals surface area contributed by atoms with E-state index in [1.165, 1.54) is 18.5 Å². The lowest BCUT2D eigenvalue weighted by Gasteiger charge is -2.22. The van der Waals surface area contributed by atoms with E-state index in [0.29, 0.717) is 5.92 Å². The van der Waals surface area contributed by atoms with E-state index in [1.807, 2.05) is 6.92 Å². The number of hydrogen-bond donors (Lipinski definition) is 4. The summed E-state index contributed by atoms with van der Waals surface area (Å²) in [6, 6.07) is 0. The van der Waals surface area contributed by atoms with Gasteiger partial charge in [-0.2, -0.15) is 39.5 Å². The first-order valence-corrected chi connectivity index (χ1v) is 8.59. The fourth-order valence-electron chi connectivity index (χ4n) is 1.90. The molecule has 34 heavy (non-hydrogen) atoms. The van der Waals surface area contributed by atoms with Gasteiger partial charge in [-0.3, -0.25) is 9.97 Å². The molecule has 0 bridgehead atoms. The molecule has 0 saturated carbocycles. The Labute approximate surface area is 184 Å². The van der Waals surface area contributed by atoms with E-state index in [9.17, 15) is 39.5 Å². The smallest absolute Gasteiger partial charge is 0.475 e. The van der Waals surface area contributed by atoms with Crippen molar-refractivity contribution < 1.29 is 69.2 Å². The van der Waals surface area contributed by atoms with Crippen LogP contribution in [0.4, 0.5) is 39.5 Å². The van der Waals surface area contributed by atoms with Gasteiger partial charge in [-0.1, -0.05) is 0 Å². The first-order valence-electron chi connectivity index (χ1n) is 8.59. The summed E-state index contributed by atoms with van der Waals surface area (Å²) in [5, 5.41) is 24.8. The molecule has 2 rings (SSSR count). The molecule has 1 fully saturated rings.